The van der Waals surface area contributed by atoms with Crippen molar-refractivity contribution in [2.24, 2.45) is 0 Å². The summed E-state index contributed by atoms with van der Waals surface area (Å²) in [5.41, 5.74) is 6.45. The van der Waals surface area contributed by atoms with Crippen LogP contribution in [0.25, 0.3) is 0 Å². The van der Waals surface area contributed by atoms with E-state index in [1.807, 2.05) is 18.2 Å². The molecule has 0 saturated heterocycles. The zero-order chi connectivity index (χ0) is 11.4. The zero-order valence-electron chi connectivity index (χ0n) is 8.39. The molecular formula is C10H10ClN5. The lowest BCUT2D eigenvalue weighted by molar-refractivity contribution is 1.02. The molecule has 16 heavy (non-hydrogen) atoms. The lowest BCUT2D eigenvalue weighted by atomic mass is 10.3. The van der Waals surface area contributed by atoms with Crippen LogP contribution in [0, 0.1) is 0 Å². The number of hydrogen-bond donors (Lipinski definition) is 2. The molecule has 2 rings (SSSR count). The molecule has 0 aromatic carbocycles. The standard InChI is InChI=1S/C10H10ClN5/c11-8-9(12)15-6-16-10(8)14-5-7-3-1-2-4-13-7/h1-4,6H,5H2,(H3,12,14,15,16). The van der Waals surface area contributed by atoms with Crippen molar-refractivity contribution >= 4 is 23.2 Å². The molecule has 0 atom stereocenters. The Morgan fingerprint density at radius 2 is 2.12 bits per heavy atom. The monoisotopic (exact) mass is 235 g/mol. The number of nitrogen functional groups attached to an aromatic ring is 1. The highest BCUT2D eigenvalue weighted by atomic mass is 35.5. The molecular weight excluding hydrogens is 226 g/mol. The molecule has 0 aliphatic heterocycles. The molecule has 0 saturated carbocycles. The van der Waals surface area contributed by atoms with Crippen molar-refractivity contribution in [3.05, 3.63) is 41.4 Å². The summed E-state index contributed by atoms with van der Waals surface area (Å²) in [4.78, 5) is 11.9. The first-order valence-corrected chi connectivity index (χ1v) is 5.05. The van der Waals surface area contributed by atoms with E-state index in [1.54, 1.807) is 6.20 Å². The van der Waals surface area contributed by atoms with Crippen molar-refractivity contribution in [3.63, 3.8) is 0 Å². The van der Waals surface area contributed by atoms with Gasteiger partial charge in [0.05, 0.1) is 12.2 Å². The van der Waals surface area contributed by atoms with Gasteiger partial charge in [-0.15, -0.1) is 0 Å². The number of nitrogens with zero attached hydrogens (tertiary/aromatic N) is 3. The van der Waals surface area contributed by atoms with Crippen molar-refractivity contribution in [1.29, 1.82) is 0 Å². The third kappa shape index (κ3) is 2.38. The molecule has 0 unspecified atom stereocenters. The van der Waals surface area contributed by atoms with E-state index in [-0.39, 0.29) is 5.82 Å². The lowest BCUT2D eigenvalue weighted by Crippen LogP contribution is -2.05. The maximum atomic E-state index is 5.93. The van der Waals surface area contributed by atoms with Gasteiger partial charge >= 0.3 is 0 Å². The zero-order valence-corrected chi connectivity index (χ0v) is 9.15. The number of hydrogen-bond acceptors (Lipinski definition) is 5. The van der Waals surface area contributed by atoms with Gasteiger partial charge in [-0.1, -0.05) is 17.7 Å². The van der Waals surface area contributed by atoms with Gasteiger partial charge < -0.3 is 11.1 Å². The van der Waals surface area contributed by atoms with Crippen LogP contribution < -0.4 is 11.1 Å². The molecule has 5 nitrogen and oxygen atoms in total. The van der Waals surface area contributed by atoms with Gasteiger partial charge in [0.25, 0.3) is 0 Å². The van der Waals surface area contributed by atoms with Gasteiger partial charge in [0.1, 0.15) is 17.2 Å². The molecule has 0 aliphatic carbocycles. The molecule has 6 heteroatoms. The van der Waals surface area contributed by atoms with Gasteiger partial charge in [-0.2, -0.15) is 0 Å². The second-order valence-electron chi connectivity index (χ2n) is 3.10. The second kappa shape index (κ2) is 4.76. The minimum absolute atomic E-state index is 0.264. The Kier molecular flexibility index (Phi) is 3.16. The molecule has 0 bridgehead atoms. The molecule has 0 radical (unpaired) electrons. The predicted octanol–water partition coefficient (Wildman–Crippen LogP) is 1.72. The first-order chi connectivity index (χ1) is 7.77. The maximum absolute atomic E-state index is 5.93. The van der Waals surface area contributed by atoms with E-state index in [9.17, 15) is 0 Å². The number of nitrogens with two attached hydrogens (primary N) is 1. The Labute approximate surface area is 97.7 Å². The molecule has 82 valence electrons. The van der Waals surface area contributed by atoms with Gasteiger partial charge in [0.15, 0.2) is 5.82 Å². The summed E-state index contributed by atoms with van der Waals surface area (Å²) in [6.07, 6.45) is 3.09. The maximum Gasteiger partial charge on any atom is 0.150 e. The molecule has 0 fully saturated rings. The fraction of sp³-hybridized carbons (Fsp3) is 0.100. The van der Waals surface area contributed by atoms with Gasteiger partial charge in [-0.05, 0) is 12.1 Å². The summed E-state index contributed by atoms with van der Waals surface area (Å²) in [6.45, 7) is 0.539. The average molecular weight is 236 g/mol. The van der Waals surface area contributed by atoms with E-state index in [1.165, 1.54) is 6.33 Å². The van der Waals surface area contributed by atoms with Crippen LogP contribution in [-0.4, -0.2) is 15.0 Å². The van der Waals surface area contributed by atoms with E-state index in [2.05, 4.69) is 20.3 Å². The summed E-state index contributed by atoms with van der Waals surface area (Å²) in [5, 5.41) is 3.38. The Bertz CT molecular complexity index is 474. The summed E-state index contributed by atoms with van der Waals surface area (Å²) < 4.78 is 0. The van der Waals surface area contributed by atoms with Gasteiger partial charge in [-0.25, -0.2) is 9.97 Å². The summed E-state index contributed by atoms with van der Waals surface area (Å²) in [5.74, 6) is 0.778. The van der Waals surface area contributed by atoms with Crippen LogP contribution in [0.15, 0.2) is 30.7 Å². The number of aromatic nitrogens is 3. The fourth-order valence-corrected chi connectivity index (χ4v) is 1.35. The van der Waals surface area contributed by atoms with E-state index < -0.39 is 0 Å². The summed E-state index contributed by atoms with van der Waals surface area (Å²) >= 11 is 5.93. The van der Waals surface area contributed by atoms with Crippen molar-refractivity contribution in [2.45, 2.75) is 6.54 Å². The van der Waals surface area contributed by atoms with Crippen molar-refractivity contribution < 1.29 is 0 Å². The molecule has 0 aliphatic rings. The average Bonchev–Trinajstić information content (AvgIpc) is 2.32. The van der Waals surface area contributed by atoms with Crippen molar-refractivity contribution in [3.8, 4) is 0 Å². The van der Waals surface area contributed by atoms with E-state index >= 15 is 0 Å². The van der Waals surface area contributed by atoms with Crippen molar-refractivity contribution in [2.75, 3.05) is 11.1 Å². The molecule has 3 N–H and O–H groups in total. The fourth-order valence-electron chi connectivity index (χ4n) is 1.18. The molecule has 2 heterocycles. The molecule has 2 aromatic rings. The third-order valence-electron chi connectivity index (χ3n) is 1.98. The van der Waals surface area contributed by atoms with Crippen LogP contribution in [0.3, 0.4) is 0 Å². The first-order valence-electron chi connectivity index (χ1n) is 4.67. The second-order valence-corrected chi connectivity index (χ2v) is 3.47. The summed E-state index contributed by atoms with van der Waals surface area (Å²) in [6, 6.07) is 5.69. The Morgan fingerprint density at radius 3 is 2.88 bits per heavy atom. The normalized spacial score (nSPS) is 10.1. The predicted molar refractivity (Wildman–Crippen MR) is 63.0 cm³/mol. The van der Waals surface area contributed by atoms with Crippen LogP contribution in [0.4, 0.5) is 11.6 Å². The van der Waals surface area contributed by atoms with Crippen molar-refractivity contribution in [1.82, 2.24) is 15.0 Å². The smallest absolute Gasteiger partial charge is 0.150 e. The Hall–Kier alpha value is -1.88. The highest BCUT2D eigenvalue weighted by Gasteiger charge is 2.05. The van der Waals surface area contributed by atoms with Gasteiger partial charge in [0.2, 0.25) is 0 Å². The number of anilines is 2. The minimum atomic E-state index is 0.264. The largest absolute Gasteiger partial charge is 0.382 e. The minimum Gasteiger partial charge on any atom is -0.382 e. The van der Waals surface area contributed by atoms with Crippen LogP contribution in [0.5, 0.6) is 0 Å². The topological polar surface area (TPSA) is 76.7 Å². The molecule has 0 amide bonds. The van der Waals surface area contributed by atoms with Crippen LogP contribution in [0.2, 0.25) is 5.02 Å². The lowest BCUT2D eigenvalue weighted by Gasteiger charge is -2.07. The van der Waals surface area contributed by atoms with E-state index in [4.69, 9.17) is 17.3 Å². The highest BCUT2D eigenvalue weighted by Crippen LogP contribution is 2.23. The quantitative estimate of drug-likeness (QED) is 0.847. The Balaban J connectivity index is 2.08. The third-order valence-corrected chi connectivity index (χ3v) is 2.35. The molecule has 0 spiro atoms. The van der Waals surface area contributed by atoms with Gasteiger partial charge in [0, 0.05) is 6.20 Å². The number of pyridine rings is 1. The number of rotatable bonds is 3. The Morgan fingerprint density at radius 1 is 1.25 bits per heavy atom. The molecule has 2 aromatic heterocycles. The summed E-state index contributed by atoms with van der Waals surface area (Å²) in [7, 11) is 0. The number of nitrogens with one attached hydrogen (secondary N) is 1. The van der Waals surface area contributed by atoms with Gasteiger partial charge in [-0.3, -0.25) is 4.98 Å². The van der Waals surface area contributed by atoms with Crippen LogP contribution in [-0.2, 0) is 6.54 Å². The SMILES string of the molecule is Nc1ncnc(NCc2ccccn2)c1Cl. The van der Waals surface area contributed by atoms with E-state index in [0.29, 0.717) is 17.4 Å². The van der Waals surface area contributed by atoms with E-state index in [0.717, 1.165) is 5.69 Å². The van der Waals surface area contributed by atoms with Crippen LogP contribution in [0.1, 0.15) is 5.69 Å². The first kappa shape index (κ1) is 10.6. The van der Waals surface area contributed by atoms with Crippen LogP contribution >= 0.6 is 11.6 Å². The highest BCUT2D eigenvalue weighted by molar-refractivity contribution is 6.35. The number of halogens is 1.